The first-order valence-electron chi connectivity index (χ1n) is 7.54. The number of benzene rings is 1. The van der Waals surface area contributed by atoms with Crippen molar-refractivity contribution < 1.29 is 9.13 Å². The highest BCUT2D eigenvalue weighted by Crippen LogP contribution is 2.34. The quantitative estimate of drug-likeness (QED) is 0.931. The van der Waals surface area contributed by atoms with Crippen LogP contribution in [0.1, 0.15) is 44.9 Å². The summed E-state index contributed by atoms with van der Waals surface area (Å²) in [6.07, 6.45) is 0. The summed E-state index contributed by atoms with van der Waals surface area (Å²) >= 11 is 0. The molecule has 1 heterocycles. The van der Waals surface area contributed by atoms with Crippen LogP contribution in [-0.4, -0.2) is 35.7 Å². The van der Waals surface area contributed by atoms with Gasteiger partial charge in [0.25, 0.3) is 0 Å². The first-order valence-corrected chi connectivity index (χ1v) is 7.54. The maximum Gasteiger partial charge on any atom is 0.128 e. The van der Waals surface area contributed by atoms with E-state index in [9.17, 15) is 4.39 Å². The van der Waals surface area contributed by atoms with Gasteiger partial charge in [0, 0.05) is 25.2 Å². The van der Waals surface area contributed by atoms with Crippen LogP contribution >= 0.6 is 0 Å². The topological polar surface area (TPSA) is 38.5 Å². The second-order valence-electron chi connectivity index (χ2n) is 7.30. The van der Waals surface area contributed by atoms with Gasteiger partial charge in [0.15, 0.2) is 0 Å². The molecule has 1 aromatic rings. The number of hydrogen-bond donors (Lipinski definition) is 1. The van der Waals surface area contributed by atoms with Crippen molar-refractivity contribution >= 4 is 0 Å². The Balaban J connectivity index is 2.34. The fourth-order valence-corrected chi connectivity index (χ4v) is 3.46. The third kappa shape index (κ3) is 3.82. The Morgan fingerprint density at radius 1 is 1.24 bits per heavy atom. The van der Waals surface area contributed by atoms with E-state index in [1.807, 2.05) is 13.0 Å². The van der Waals surface area contributed by atoms with Gasteiger partial charge < -0.3 is 10.5 Å². The summed E-state index contributed by atoms with van der Waals surface area (Å²) in [6.45, 7) is 12.1. The fraction of sp³-hybridized carbons (Fsp3) is 0.647. The average molecular weight is 294 g/mol. The van der Waals surface area contributed by atoms with Gasteiger partial charge in [-0.15, -0.1) is 0 Å². The Kier molecular flexibility index (Phi) is 4.43. The van der Waals surface area contributed by atoms with Crippen molar-refractivity contribution in [3.05, 3.63) is 35.1 Å². The molecule has 1 aliphatic heterocycles. The normalized spacial score (nSPS) is 23.0. The predicted octanol–water partition coefficient (Wildman–Crippen LogP) is 3.02. The van der Waals surface area contributed by atoms with Crippen molar-refractivity contribution in [2.75, 3.05) is 19.6 Å². The Labute approximate surface area is 127 Å². The van der Waals surface area contributed by atoms with Crippen LogP contribution in [-0.2, 0) is 4.74 Å². The van der Waals surface area contributed by atoms with Crippen LogP contribution in [0, 0.1) is 12.7 Å². The zero-order chi connectivity index (χ0) is 15.8. The lowest BCUT2D eigenvalue weighted by Gasteiger charge is -2.49. The Hall–Kier alpha value is -0.970. The number of halogens is 1. The fourth-order valence-electron chi connectivity index (χ4n) is 3.46. The molecule has 3 nitrogen and oxygen atoms in total. The van der Waals surface area contributed by atoms with Crippen LogP contribution in [0.3, 0.4) is 0 Å². The predicted molar refractivity (Wildman–Crippen MR) is 83.7 cm³/mol. The molecular weight excluding hydrogens is 267 g/mol. The number of rotatable bonds is 3. The van der Waals surface area contributed by atoms with Gasteiger partial charge in [0.05, 0.1) is 17.2 Å². The van der Waals surface area contributed by atoms with Gasteiger partial charge in [-0.1, -0.05) is 17.7 Å². The number of hydrogen-bond acceptors (Lipinski definition) is 3. The van der Waals surface area contributed by atoms with Crippen molar-refractivity contribution in [2.24, 2.45) is 5.73 Å². The molecule has 1 unspecified atom stereocenters. The van der Waals surface area contributed by atoms with Crippen molar-refractivity contribution in [2.45, 2.75) is 51.9 Å². The maximum absolute atomic E-state index is 14.2. The Morgan fingerprint density at radius 2 is 1.81 bits per heavy atom. The molecule has 1 aliphatic rings. The van der Waals surface area contributed by atoms with Gasteiger partial charge in [0.2, 0.25) is 0 Å². The van der Waals surface area contributed by atoms with Gasteiger partial charge in [-0.25, -0.2) is 4.39 Å². The summed E-state index contributed by atoms with van der Waals surface area (Å²) in [6, 6.07) is 5.11. The zero-order valence-electron chi connectivity index (χ0n) is 13.7. The minimum absolute atomic E-state index is 0.118. The van der Waals surface area contributed by atoms with Crippen molar-refractivity contribution in [1.82, 2.24) is 4.90 Å². The first-order chi connectivity index (χ1) is 9.63. The number of ether oxygens (including phenoxy) is 1. The van der Waals surface area contributed by atoms with E-state index in [0.717, 1.165) is 18.7 Å². The molecule has 118 valence electrons. The average Bonchev–Trinajstić information content (AvgIpc) is 2.30. The summed E-state index contributed by atoms with van der Waals surface area (Å²) in [5, 5.41) is 0. The molecule has 1 saturated heterocycles. The van der Waals surface area contributed by atoms with E-state index < -0.39 is 0 Å². The maximum atomic E-state index is 14.2. The number of morpholine rings is 1. The lowest BCUT2D eigenvalue weighted by molar-refractivity contribution is -0.187. The molecule has 21 heavy (non-hydrogen) atoms. The molecule has 0 radical (unpaired) electrons. The van der Waals surface area contributed by atoms with Crippen LogP contribution in [0.5, 0.6) is 0 Å². The van der Waals surface area contributed by atoms with Crippen molar-refractivity contribution in [3.8, 4) is 0 Å². The Bertz CT molecular complexity index is 498. The summed E-state index contributed by atoms with van der Waals surface area (Å²) < 4.78 is 20.3. The van der Waals surface area contributed by atoms with Crippen LogP contribution in [0.4, 0.5) is 4.39 Å². The SMILES string of the molecule is Cc1ccc(F)c(C(CN)N2CC(C)(C)OC(C)(C)C2)c1. The van der Waals surface area contributed by atoms with Crippen LogP contribution < -0.4 is 5.73 Å². The molecule has 0 aromatic heterocycles. The Morgan fingerprint density at radius 3 is 2.33 bits per heavy atom. The van der Waals surface area contributed by atoms with Crippen LogP contribution in [0.2, 0.25) is 0 Å². The monoisotopic (exact) mass is 294 g/mol. The lowest BCUT2D eigenvalue weighted by Crippen LogP contribution is -2.58. The lowest BCUT2D eigenvalue weighted by atomic mass is 9.94. The molecule has 0 saturated carbocycles. The van der Waals surface area contributed by atoms with E-state index in [0.29, 0.717) is 12.1 Å². The van der Waals surface area contributed by atoms with E-state index >= 15 is 0 Å². The third-order valence-corrected chi connectivity index (χ3v) is 3.89. The number of aryl methyl sites for hydroxylation is 1. The molecular formula is C17H27FN2O. The van der Waals surface area contributed by atoms with E-state index in [2.05, 4.69) is 32.6 Å². The van der Waals surface area contributed by atoms with E-state index in [1.54, 1.807) is 6.07 Å². The minimum atomic E-state index is -0.268. The second kappa shape index (κ2) is 5.67. The summed E-state index contributed by atoms with van der Waals surface area (Å²) in [4.78, 5) is 2.25. The second-order valence-corrected chi connectivity index (χ2v) is 7.30. The summed E-state index contributed by atoms with van der Waals surface area (Å²) in [5.74, 6) is -0.182. The van der Waals surface area contributed by atoms with E-state index in [1.165, 1.54) is 6.07 Å². The molecule has 1 atom stereocenters. The molecule has 4 heteroatoms. The molecule has 0 amide bonds. The highest BCUT2D eigenvalue weighted by atomic mass is 19.1. The highest BCUT2D eigenvalue weighted by molar-refractivity contribution is 5.27. The summed E-state index contributed by atoms with van der Waals surface area (Å²) in [5.41, 5.74) is 7.18. The molecule has 0 bridgehead atoms. The molecule has 1 fully saturated rings. The number of nitrogens with zero attached hydrogens (tertiary/aromatic N) is 1. The molecule has 2 N–H and O–H groups in total. The first kappa shape index (κ1) is 16.4. The highest BCUT2D eigenvalue weighted by Gasteiger charge is 2.40. The van der Waals surface area contributed by atoms with Crippen LogP contribution in [0.25, 0.3) is 0 Å². The van der Waals surface area contributed by atoms with Gasteiger partial charge in [0.1, 0.15) is 5.82 Å². The largest absolute Gasteiger partial charge is 0.367 e. The van der Waals surface area contributed by atoms with Crippen LogP contribution in [0.15, 0.2) is 18.2 Å². The van der Waals surface area contributed by atoms with E-state index in [-0.39, 0.29) is 23.1 Å². The minimum Gasteiger partial charge on any atom is -0.367 e. The third-order valence-electron chi connectivity index (χ3n) is 3.89. The zero-order valence-corrected chi connectivity index (χ0v) is 13.7. The van der Waals surface area contributed by atoms with Gasteiger partial charge >= 0.3 is 0 Å². The smallest absolute Gasteiger partial charge is 0.128 e. The van der Waals surface area contributed by atoms with Gasteiger partial charge in [-0.05, 0) is 40.7 Å². The van der Waals surface area contributed by atoms with E-state index in [4.69, 9.17) is 10.5 Å². The van der Waals surface area contributed by atoms with Crippen molar-refractivity contribution in [3.63, 3.8) is 0 Å². The van der Waals surface area contributed by atoms with Crippen molar-refractivity contribution in [1.29, 1.82) is 0 Å². The molecule has 0 spiro atoms. The van der Waals surface area contributed by atoms with Gasteiger partial charge in [-0.2, -0.15) is 0 Å². The number of nitrogens with two attached hydrogens (primary N) is 1. The standard InChI is InChI=1S/C17H27FN2O/c1-12-6-7-14(18)13(8-12)15(9-19)20-10-16(2,3)21-17(4,5)11-20/h6-8,15H,9-11,19H2,1-5H3. The molecule has 1 aromatic carbocycles. The molecule has 0 aliphatic carbocycles. The van der Waals surface area contributed by atoms with Gasteiger partial charge in [-0.3, -0.25) is 4.90 Å². The molecule has 2 rings (SSSR count). The summed E-state index contributed by atoms with van der Waals surface area (Å²) in [7, 11) is 0.